The standard InChI is InChI=1S/C16H13N3S/c1-11-4-2-5-12(8-11)10-19-14-7-3-6-13(9-17)15(14)18-16(19)20/h2-8H,10H2,1H3,(H,18,20). The van der Waals surface area contributed by atoms with Crippen LogP contribution < -0.4 is 0 Å². The molecule has 0 saturated heterocycles. The summed E-state index contributed by atoms with van der Waals surface area (Å²) in [6.45, 7) is 2.78. The average molecular weight is 279 g/mol. The highest BCUT2D eigenvalue weighted by Gasteiger charge is 2.08. The maximum absolute atomic E-state index is 9.15. The Morgan fingerprint density at radius 3 is 2.80 bits per heavy atom. The molecule has 98 valence electrons. The fraction of sp³-hybridized carbons (Fsp3) is 0.125. The first-order chi connectivity index (χ1) is 9.69. The van der Waals surface area contributed by atoms with Crippen LogP contribution >= 0.6 is 12.2 Å². The summed E-state index contributed by atoms with van der Waals surface area (Å²) >= 11 is 5.39. The Morgan fingerprint density at radius 1 is 1.25 bits per heavy atom. The van der Waals surface area contributed by atoms with E-state index in [4.69, 9.17) is 17.5 Å². The third-order valence-corrected chi connectivity index (χ3v) is 3.68. The molecule has 0 bridgehead atoms. The minimum Gasteiger partial charge on any atom is -0.329 e. The number of benzene rings is 2. The van der Waals surface area contributed by atoms with Crippen molar-refractivity contribution in [3.05, 3.63) is 63.9 Å². The van der Waals surface area contributed by atoms with E-state index in [9.17, 15) is 0 Å². The van der Waals surface area contributed by atoms with Gasteiger partial charge in [-0.3, -0.25) is 0 Å². The molecule has 0 saturated carbocycles. The molecule has 3 nitrogen and oxygen atoms in total. The summed E-state index contributed by atoms with van der Waals surface area (Å²) in [5.74, 6) is 0. The van der Waals surface area contributed by atoms with E-state index in [0.29, 0.717) is 16.9 Å². The molecule has 3 aromatic rings. The minimum absolute atomic E-state index is 0.622. The lowest BCUT2D eigenvalue weighted by Crippen LogP contribution is -1.99. The van der Waals surface area contributed by atoms with E-state index >= 15 is 0 Å². The van der Waals surface area contributed by atoms with Gasteiger partial charge in [0, 0.05) is 0 Å². The molecule has 1 N–H and O–H groups in total. The van der Waals surface area contributed by atoms with Gasteiger partial charge in [0.2, 0.25) is 0 Å². The highest BCUT2D eigenvalue weighted by molar-refractivity contribution is 7.71. The molecule has 1 aromatic heterocycles. The Kier molecular flexibility index (Phi) is 3.13. The lowest BCUT2D eigenvalue weighted by atomic mass is 10.1. The molecule has 0 unspecified atom stereocenters. The molecule has 1 heterocycles. The van der Waals surface area contributed by atoms with Gasteiger partial charge in [0.05, 0.1) is 23.1 Å². The van der Waals surface area contributed by atoms with Gasteiger partial charge in [0.15, 0.2) is 4.77 Å². The van der Waals surface area contributed by atoms with Crippen LogP contribution in [0.1, 0.15) is 16.7 Å². The van der Waals surface area contributed by atoms with Crippen LogP contribution in [-0.4, -0.2) is 9.55 Å². The van der Waals surface area contributed by atoms with Crippen LogP contribution in [0.5, 0.6) is 0 Å². The number of aromatic amines is 1. The van der Waals surface area contributed by atoms with Crippen molar-refractivity contribution >= 4 is 23.3 Å². The molecule has 0 aliphatic carbocycles. The van der Waals surface area contributed by atoms with Crippen molar-refractivity contribution in [1.29, 1.82) is 5.26 Å². The lowest BCUT2D eigenvalue weighted by Gasteiger charge is -2.06. The normalized spacial score (nSPS) is 10.6. The van der Waals surface area contributed by atoms with Gasteiger partial charge in [-0.2, -0.15) is 5.26 Å². The fourth-order valence-electron chi connectivity index (χ4n) is 2.42. The zero-order chi connectivity index (χ0) is 14.1. The van der Waals surface area contributed by atoms with Crippen molar-refractivity contribution < 1.29 is 0 Å². The van der Waals surface area contributed by atoms with E-state index in [1.54, 1.807) is 6.07 Å². The molecule has 0 atom stereocenters. The predicted molar refractivity (Wildman–Crippen MR) is 82.1 cm³/mol. The number of aromatic nitrogens is 2. The van der Waals surface area contributed by atoms with Crippen LogP contribution in [0, 0.1) is 23.0 Å². The Labute approximate surface area is 122 Å². The molecule has 0 radical (unpaired) electrons. The smallest absolute Gasteiger partial charge is 0.178 e. The Hall–Kier alpha value is -2.38. The monoisotopic (exact) mass is 279 g/mol. The number of nitrogens with zero attached hydrogens (tertiary/aromatic N) is 2. The quantitative estimate of drug-likeness (QED) is 0.722. The van der Waals surface area contributed by atoms with E-state index < -0.39 is 0 Å². The lowest BCUT2D eigenvalue weighted by molar-refractivity contribution is 0.809. The molecule has 2 aromatic carbocycles. The molecule has 0 spiro atoms. The van der Waals surface area contributed by atoms with Crippen molar-refractivity contribution in [3.63, 3.8) is 0 Å². The maximum Gasteiger partial charge on any atom is 0.178 e. The van der Waals surface area contributed by atoms with Gasteiger partial charge in [-0.15, -0.1) is 0 Å². The van der Waals surface area contributed by atoms with E-state index in [1.807, 2.05) is 22.8 Å². The highest BCUT2D eigenvalue weighted by atomic mass is 32.1. The number of hydrogen-bond acceptors (Lipinski definition) is 2. The molecule has 20 heavy (non-hydrogen) atoms. The van der Waals surface area contributed by atoms with Crippen LogP contribution in [0.3, 0.4) is 0 Å². The second kappa shape index (κ2) is 4.95. The van der Waals surface area contributed by atoms with Gasteiger partial charge in [-0.1, -0.05) is 35.9 Å². The second-order valence-corrected chi connectivity index (χ2v) is 5.20. The van der Waals surface area contributed by atoms with Crippen molar-refractivity contribution in [2.24, 2.45) is 0 Å². The first-order valence-corrected chi connectivity index (χ1v) is 6.77. The maximum atomic E-state index is 9.15. The van der Waals surface area contributed by atoms with Crippen molar-refractivity contribution in [3.8, 4) is 6.07 Å². The Balaban J connectivity index is 2.15. The number of H-pyrrole nitrogens is 1. The third kappa shape index (κ3) is 2.13. The summed E-state index contributed by atoms with van der Waals surface area (Å²) in [6, 6.07) is 16.2. The SMILES string of the molecule is Cc1cccc(Cn2c(=S)[nH]c3c(C#N)cccc32)c1. The van der Waals surface area contributed by atoms with Gasteiger partial charge in [-0.05, 0) is 36.8 Å². The second-order valence-electron chi connectivity index (χ2n) is 4.82. The van der Waals surface area contributed by atoms with E-state index in [-0.39, 0.29) is 0 Å². The summed E-state index contributed by atoms with van der Waals surface area (Å²) < 4.78 is 2.67. The molecule has 0 fully saturated rings. The van der Waals surface area contributed by atoms with Crippen molar-refractivity contribution in [2.45, 2.75) is 13.5 Å². The average Bonchev–Trinajstić information content (AvgIpc) is 2.75. The first kappa shape index (κ1) is 12.6. The minimum atomic E-state index is 0.622. The van der Waals surface area contributed by atoms with E-state index in [1.165, 1.54) is 11.1 Å². The number of rotatable bonds is 2. The molecule has 0 amide bonds. The summed E-state index contributed by atoms with van der Waals surface area (Å²) in [7, 11) is 0. The fourth-order valence-corrected chi connectivity index (χ4v) is 2.69. The number of nitrogens with one attached hydrogen (secondary N) is 1. The molecule has 4 heteroatoms. The molecule has 0 aliphatic rings. The number of fused-ring (bicyclic) bond motifs is 1. The van der Waals surface area contributed by atoms with Crippen molar-refractivity contribution in [2.75, 3.05) is 0 Å². The Morgan fingerprint density at radius 2 is 2.05 bits per heavy atom. The highest BCUT2D eigenvalue weighted by Crippen LogP contribution is 2.19. The molecular weight excluding hydrogens is 266 g/mol. The van der Waals surface area contributed by atoms with Gasteiger partial charge < -0.3 is 9.55 Å². The number of para-hydroxylation sites is 1. The summed E-state index contributed by atoms with van der Waals surface area (Å²) in [5.41, 5.74) is 4.83. The van der Waals surface area contributed by atoms with Crippen LogP contribution in [0.2, 0.25) is 0 Å². The van der Waals surface area contributed by atoms with Crippen molar-refractivity contribution in [1.82, 2.24) is 9.55 Å². The van der Waals surface area contributed by atoms with Crippen LogP contribution in [0.4, 0.5) is 0 Å². The van der Waals surface area contributed by atoms with Gasteiger partial charge >= 0.3 is 0 Å². The number of aryl methyl sites for hydroxylation is 1. The summed E-state index contributed by atoms with van der Waals surface area (Å²) in [6.07, 6.45) is 0. The zero-order valence-corrected chi connectivity index (χ0v) is 11.9. The molecule has 3 rings (SSSR count). The topological polar surface area (TPSA) is 44.5 Å². The predicted octanol–water partition coefficient (Wildman–Crippen LogP) is 3.93. The van der Waals surface area contributed by atoms with Gasteiger partial charge in [-0.25, -0.2) is 0 Å². The molecule has 0 aliphatic heterocycles. The number of imidazole rings is 1. The number of nitriles is 1. The first-order valence-electron chi connectivity index (χ1n) is 6.36. The van der Waals surface area contributed by atoms with Gasteiger partial charge in [0.25, 0.3) is 0 Å². The van der Waals surface area contributed by atoms with Gasteiger partial charge in [0.1, 0.15) is 6.07 Å². The molecular formula is C16H13N3S. The largest absolute Gasteiger partial charge is 0.329 e. The van der Waals surface area contributed by atoms with Crippen LogP contribution in [-0.2, 0) is 6.54 Å². The third-order valence-electron chi connectivity index (χ3n) is 3.35. The summed E-state index contributed by atoms with van der Waals surface area (Å²) in [4.78, 5) is 3.14. The van der Waals surface area contributed by atoms with E-state index in [0.717, 1.165) is 11.0 Å². The van der Waals surface area contributed by atoms with Crippen LogP contribution in [0.15, 0.2) is 42.5 Å². The summed E-state index contributed by atoms with van der Waals surface area (Å²) in [5, 5.41) is 9.15. The van der Waals surface area contributed by atoms with Crippen LogP contribution in [0.25, 0.3) is 11.0 Å². The Bertz CT molecular complexity index is 881. The zero-order valence-electron chi connectivity index (χ0n) is 11.1. The van der Waals surface area contributed by atoms with E-state index in [2.05, 4.69) is 36.2 Å². The number of hydrogen-bond donors (Lipinski definition) is 1.